The molecule has 0 aromatic heterocycles. The van der Waals surface area contributed by atoms with Crippen molar-refractivity contribution in [3.8, 4) is 0 Å². The number of carbonyl (C=O) groups is 4. The summed E-state index contributed by atoms with van der Waals surface area (Å²) >= 11 is 0. The molecule has 0 atom stereocenters. The predicted molar refractivity (Wildman–Crippen MR) is 57.3 cm³/mol. The molecule has 0 radical (unpaired) electrons. The van der Waals surface area contributed by atoms with E-state index in [0.29, 0.717) is 0 Å². The van der Waals surface area contributed by atoms with Crippen LogP contribution in [0.15, 0.2) is 0 Å². The first-order chi connectivity index (χ1) is 8.42. The first kappa shape index (κ1) is 18.3. The second-order valence-corrected chi connectivity index (χ2v) is 2.64. The quantitative estimate of drug-likeness (QED) is 0.379. The standard InChI is InChI=1S/C6H10O4.C4H6O4/c1-9-5(7)3-4-6(8)10-2;1-7-3(5)4(6)8-2/h3-4H2,1-2H3;1-2H3. The van der Waals surface area contributed by atoms with E-state index in [9.17, 15) is 19.2 Å². The summed E-state index contributed by atoms with van der Waals surface area (Å²) < 4.78 is 16.6. The third kappa shape index (κ3) is 10.4. The van der Waals surface area contributed by atoms with Gasteiger partial charge in [0.15, 0.2) is 0 Å². The van der Waals surface area contributed by atoms with Crippen LogP contribution in [0.25, 0.3) is 0 Å². The molecule has 0 aliphatic rings. The molecule has 0 saturated heterocycles. The average Bonchev–Trinajstić information content (AvgIpc) is 2.42. The normalized spacial score (nSPS) is 8.22. The van der Waals surface area contributed by atoms with Gasteiger partial charge in [-0.05, 0) is 0 Å². The van der Waals surface area contributed by atoms with Gasteiger partial charge in [-0.25, -0.2) is 9.59 Å². The molecule has 18 heavy (non-hydrogen) atoms. The molecule has 0 rings (SSSR count). The molecule has 0 unspecified atom stereocenters. The zero-order valence-electron chi connectivity index (χ0n) is 10.7. The highest BCUT2D eigenvalue weighted by atomic mass is 16.6. The maximum Gasteiger partial charge on any atom is 0.417 e. The van der Waals surface area contributed by atoms with E-state index in [1.165, 1.54) is 14.2 Å². The molecule has 0 heterocycles. The van der Waals surface area contributed by atoms with Gasteiger partial charge >= 0.3 is 23.9 Å². The maximum atomic E-state index is 10.4. The van der Waals surface area contributed by atoms with Gasteiger partial charge in [0.2, 0.25) is 0 Å². The second-order valence-electron chi connectivity index (χ2n) is 2.64. The van der Waals surface area contributed by atoms with Crippen molar-refractivity contribution in [3.05, 3.63) is 0 Å². The van der Waals surface area contributed by atoms with E-state index in [-0.39, 0.29) is 12.8 Å². The predicted octanol–water partition coefficient (Wildman–Crippen LogP) is -0.555. The smallest absolute Gasteiger partial charge is 0.417 e. The van der Waals surface area contributed by atoms with Crippen molar-refractivity contribution in [1.29, 1.82) is 0 Å². The van der Waals surface area contributed by atoms with E-state index in [1.807, 2.05) is 0 Å². The lowest BCUT2D eigenvalue weighted by Crippen LogP contribution is -2.16. The minimum atomic E-state index is -0.979. The number of carbonyl (C=O) groups excluding carboxylic acids is 4. The van der Waals surface area contributed by atoms with Crippen molar-refractivity contribution in [2.75, 3.05) is 28.4 Å². The van der Waals surface area contributed by atoms with Crippen LogP contribution in [0.5, 0.6) is 0 Å². The van der Waals surface area contributed by atoms with Crippen LogP contribution in [-0.4, -0.2) is 52.3 Å². The van der Waals surface area contributed by atoms with E-state index >= 15 is 0 Å². The molecule has 0 aliphatic heterocycles. The maximum absolute atomic E-state index is 10.4. The minimum Gasteiger partial charge on any atom is -0.469 e. The summed E-state index contributed by atoms with van der Waals surface area (Å²) in [5, 5.41) is 0. The van der Waals surface area contributed by atoms with Crippen LogP contribution in [0.1, 0.15) is 12.8 Å². The van der Waals surface area contributed by atoms with Crippen molar-refractivity contribution < 1.29 is 38.1 Å². The summed E-state index contributed by atoms with van der Waals surface area (Å²) in [7, 11) is 4.78. The van der Waals surface area contributed by atoms with E-state index in [4.69, 9.17) is 0 Å². The van der Waals surface area contributed by atoms with Crippen LogP contribution in [0, 0.1) is 0 Å². The largest absolute Gasteiger partial charge is 0.469 e. The fraction of sp³-hybridized carbons (Fsp3) is 0.600. The topological polar surface area (TPSA) is 105 Å². The molecule has 0 fully saturated rings. The fourth-order valence-electron chi connectivity index (χ4n) is 0.575. The van der Waals surface area contributed by atoms with Crippen LogP contribution < -0.4 is 0 Å². The second kappa shape index (κ2) is 11.4. The van der Waals surface area contributed by atoms with Gasteiger partial charge in [-0.2, -0.15) is 0 Å². The van der Waals surface area contributed by atoms with E-state index in [2.05, 4.69) is 18.9 Å². The van der Waals surface area contributed by atoms with Gasteiger partial charge in [-0.15, -0.1) is 0 Å². The lowest BCUT2D eigenvalue weighted by molar-refractivity contribution is -0.164. The lowest BCUT2D eigenvalue weighted by atomic mass is 10.3. The molecule has 0 amide bonds. The van der Waals surface area contributed by atoms with Gasteiger partial charge in [0.1, 0.15) is 0 Å². The monoisotopic (exact) mass is 264 g/mol. The van der Waals surface area contributed by atoms with Gasteiger partial charge < -0.3 is 18.9 Å². The van der Waals surface area contributed by atoms with E-state index in [1.54, 1.807) is 0 Å². The zero-order valence-corrected chi connectivity index (χ0v) is 10.7. The molecule has 0 saturated carbocycles. The Kier molecular flexibility index (Phi) is 11.5. The average molecular weight is 264 g/mol. The Morgan fingerprint density at radius 2 is 0.889 bits per heavy atom. The van der Waals surface area contributed by atoms with E-state index in [0.717, 1.165) is 14.2 Å². The third-order valence-electron chi connectivity index (χ3n) is 1.53. The van der Waals surface area contributed by atoms with Crippen LogP contribution in [-0.2, 0) is 38.1 Å². The molecule has 104 valence electrons. The molecule has 0 bridgehead atoms. The van der Waals surface area contributed by atoms with Crippen molar-refractivity contribution in [3.63, 3.8) is 0 Å². The van der Waals surface area contributed by atoms with Gasteiger partial charge in [0, 0.05) is 0 Å². The molecule has 8 heteroatoms. The first-order valence-electron chi connectivity index (χ1n) is 4.72. The molecular weight excluding hydrogens is 248 g/mol. The van der Waals surface area contributed by atoms with Gasteiger partial charge in [-0.1, -0.05) is 0 Å². The first-order valence-corrected chi connectivity index (χ1v) is 4.72. The number of esters is 4. The summed E-state index contributed by atoms with van der Waals surface area (Å²) in [4.78, 5) is 40.9. The number of hydrogen-bond donors (Lipinski definition) is 0. The Labute approximate surface area is 104 Å². The van der Waals surface area contributed by atoms with Gasteiger partial charge in [-0.3, -0.25) is 9.59 Å². The molecule has 0 spiro atoms. The zero-order chi connectivity index (χ0) is 14.6. The van der Waals surface area contributed by atoms with Crippen molar-refractivity contribution >= 4 is 23.9 Å². The number of ether oxygens (including phenoxy) is 4. The molecular formula is C10H16O8. The fourth-order valence-corrected chi connectivity index (χ4v) is 0.575. The van der Waals surface area contributed by atoms with Crippen LogP contribution in [0.3, 0.4) is 0 Å². The summed E-state index contributed by atoms with van der Waals surface area (Å²) in [6, 6.07) is 0. The van der Waals surface area contributed by atoms with E-state index < -0.39 is 23.9 Å². The lowest BCUT2D eigenvalue weighted by Gasteiger charge is -1.96. The summed E-state index contributed by atoms with van der Waals surface area (Å²) in [6.07, 6.45) is 0.173. The summed E-state index contributed by atoms with van der Waals surface area (Å²) in [6.45, 7) is 0. The van der Waals surface area contributed by atoms with Crippen molar-refractivity contribution in [2.45, 2.75) is 12.8 Å². The SMILES string of the molecule is COC(=O)C(=O)OC.COC(=O)CCC(=O)OC. The highest BCUT2D eigenvalue weighted by Gasteiger charge is 2.11. The molecule has 0 N–H and O–H groups in total. The van der Waals surface area contributed by atoms with Crippen LogP contribution in [0.4, 0.5) is 0 Å². The Hall–Kier alpha value is -2.12. The Bertz CT molecular complexity index is 266. The Morgan fingerprint density at radius 1 is 0.611 bits per heavy atom. The minimum absolute atomic E-state index is 0.0865. The highest BCUT2D eigenvalue weighted by molar-refractivity contribution is 6.29. The summed E-state index contributed by atoms with van der Waals surface area (Å²) in [5.74, 6) is -2.75. The van der Waals surface area contributed by atoms with Gasteiger partial charge in [0.25, 0.3) is 0 Å². The van der Waals surface area contributed by atoms with Crippen LogP contribution >= 0.6 is 0 Å². The summed E-state index contributed by atoms with van der Waals surface area (Å²) in [5.41, 5.74) is 0. The van der Waals surface area contributed by atoms with Crippen molar-refractivity contribution in [2.24, 2.45) is 0 Å². The van der Waals surface area contributed by atoms with Crippen molar-refractivity contribution in [1.82, 2.24) is 0 Å². The Balaban J connectivity index is 0. The number of methoxy groups -OCH3 is 4. The highest BCUT2D eigenvalue weighted by Crippen LogP contribution is 1.92. The number of hydrogen-bond acceptors (Lipinski definition) is 8. The molecule has 0 aliphatic carbocycles. The Morgan fingerprint density at radius 3 is 1.06 bits per heavy atom. The molecule has 0 aromatic rings. The number of rotatable bonds is 3. The third-order valence-corrected chi connectivity index (χ3v) is 1.53. The molecule has 8 nitrogen and oxygen atoms in total. The van der Waals surface area contributed by atoms with Gasteiger partial charge in [0.05, 0.1) is 41.3 Å². The van der Waals surface area contributed by atoms with Crippen LogP contribution in [0.2, 0.25) is 0 Å². The molecule has 0 aromatic carbocycles.